The van der Waals surface area contributed by atoms with E-state index in [0.29, 0.717) is 21.5 Å². The molecule has 0 radical (unpaired) electrons. The molecule has 0 fully saturated rings. The molecule has 0 aliphatic rings. The number of nitrogens with zero attached hydrogens (tertiary/aromatic N) is 2. The summed E-state index contributed by atoms with van der Waals surface area (Å²) in [5.41, 5.74) is 3.44. The number of rotatable bonds is 5. The lowest BCUT2D eigenvalue weighted by Gasteiger charge is -2.09. The minimum Gasteiger partial charge on any atom is -0.332 e. The minimum atomic E-state index is -0.348. The number of hydrogen-bond donors (Lipinski definition) is 2. The van der Waals surface area contributed by atoms with Crippen LogP contribution in [0.1, 0.15) is 23.7 Å². The first-order valence-corrected chi connectivity index (χ1v) is 9.39. The van der Waals surface area contributed by atoms with Crippen LogP contribution < -0.4 is 10.6 Å². The van der Waals surface area contributed by atoms with Gasteiger partial charge in [0.25, 0.3) is 0 Å². The average molecular weight is 403 g/mol. The van der Waals surface area contributed by atoms with Crippen LogP contribution in [0.2, 0.25) is 5.02 Å². The molecule has 2 N–H and O–H groups in total. The van der Waals surface area contributed by atoms with Crippen LogP contribution in [0.5, 0.6) is 0 Å². The Kier molecular flexibility index (Phi) is 6.08. The number of hydrogen-bond acceptors (Lipinski definition) is 2. The Morgan fingerprint density at radius 1 is 1.19 bits per heavy atom. The standard InChI is InChI=1S/C20H20ClFN4S/c1-3-14-7-9-15(10-8-14)23-20(27)24-19-11-13(2)26(25-19)12-16-17(21)5-4-6-18(16)22/h4-11H,3,12H2,1-2H3,(H2,23,24,25,27). The molecule has 0 aliphatic carbocycles. The van der Waals surface area contributed by atoms with Crippen LogP contribution in [-0.2, 0) is 13.0 Å². The van der Waals surface area contributed by atoms with Crippen molar-refractivity contribution in [3.05, 3.63) is 76.2 Å². The van der Waals surface area contributed by atoms with Gasteiger partial charge in [-0.15, -0.1) is 0 Å². The van der Waals surface area contributed by atoms with E-state index < -0.39 is 0 Å². The molecule has 0 unspecified atom stereocenters. The molecule has 1 aromatic heterocycles. The van der Waals surface area contributed by atoms with Crippen molar-refractivity contribution in [2.75, 3.05) is 10.6 Å². The van der Waals surface area contributed by atoms with Crippen LogP contribution in [0.4, 0.5) is 15.9 Å². The van der Waals surface area contributed by atoms with Gasteiger partial charge in [-0.1, -0.05) is 36.7 Å². The van der Waals surface area contributed by atoms with Gasteiger partial charge in [0.2, 0.25) is 0 Å². The molecule has 0 amide bonds. The molecule has 3 aromatic rings. The molecule has 0 bridgehead atoms. The highest BCUT2D eigenvalue weighted by Gasteiger charge is 2.11. The average Bonchev–Trinajstić information content (AvgIpc) is 2.97. The van der Waals surface area contributed by atoms with Crippen LogP contribution in [0, 0.1) is 12.7 Å². The maximum atomic E-state index is 14.0. The third kappa shape index (κ3) is 4.84. The second-order valence-electron chi connectivity index (χ2n) is 6.16. The smallest absolute Gasteiger partial charge is 0.176 e. The lowest BCUT2D eigenvalue weighted by atomic mass is 10.1. The summed E-state index contributed by atoms with van der Waals surface area (Å²) in [5.74, 6) is 0.238. The Morgan fingerprint density at radius 3 is 2.59 bits per heavy atom. The van der Waals surface area contributed by atoms with E-state index in [4.69, 9.17) is 23.8 Å². The predicted molar refractivity (Wildman–Crippen MR) is 113 cm³/mol. The molecule has 3 rings (SSSR count). The number of nitrogens with one attached hydrogen (secondary N) is 2. The maximum absolute atomic E-state index is 14.0. The molecule has 2 aromatic carbocycles. The summed E-state index contributed by atoms with van der Waals surface area (Å²) in [4.78, 5) is 0. The molecule has 0 saturated carbocycles. The fourth-order valence-corrected chi connectivity index (χ4v) is 3.11. The first-order valence-electron chi connectivity index (χ1n) is 8.60. The lowest BCUT2D eigenvalue weighted by Crippen LogP contribution is -2.19. The number of halogens is 2. The second-order valence-corrected chi connectivity index (χ2v) is 6.97. The topological polar surface area (TPSA) is 41.9 Å². The minimum absolute atomic E-state index is 0.248. The molecule has 0 aliphatic heterocycles. The largest absolute Gasteiger partial charge is 0.332 e. The summed E-state index contributed by atoms with van der Waals surface area (Å²) in [6.45, 7) is 4.26. The summed E-state index contributed by atoms with van der Waals surface area (Å²) >= 11 is 11.5. The Morgan fingerprint density at radius 2 is 1.93 bits per heavy atom. The van der Waals surface area contributed by atoms with E-state index in [9.17, 15) is 4.39 Å². The van der Waals surface area contributed by atoms with E-state index in [1.165, 1.54) is 11.6 Å². The summed E-state index contributed by atoms with van der Waals surface area (Å²) in [6, 6.07) is 14.6. The van der Waals surface area contributed by atoms with Gasteiger partial charge >= 0.3 is 0 Å². The van der Waals surface area contributed by atoms with Crippen molar-refractivity contribution >= 4 is 40.4 Å². The molecule has 0 saturated heterocycles. The summed E-state index contributed by atoms with van der Waals surface area (Å²) in [5, 5.41) is 11.5. The normalized spacial score (nSPS) is 10.7. The van der Waals surface area contributed by atoms with Gasteiger partial charge < -0.3 is 10.6 Å². The Bertz CT molecular complexity index is 933. The molecular formula is C20H20ClFN4S. The summed E-state index contributed by atoms with van der Waals surface area (Å²) < 4.78 is 15.7. The maximum Gasteiger partial charge on any atom is 0.176 e. The van der Waals surface area contributed by atoms with Crippen molar-refractivity contribution in [1.29, 1.82) is 0 Å². The van der Waals surface area contributed by atoms with Crippen molar-refractivity contribution in [1.82, 2.24) is 9.78 Å². The fraction of sp³-hybridized carbons (Fsp3) is 0.200. The highest BCUT2D eigenvalue weighted by Crippen LogP contribution is 2.21. The Labute approximate surface area is 168 Å². The number of anilines is 2. The Hall–Kier alpha value is -2.44. The fourth-order valence-electron chi connectivity index (χ4n) is 2.67. The molecule has 0 spiro atoms. The van der Waals surface area contributed by atoms with Gasteiger partial charge in [-0.2, -0.15) is 5.10 Å². The van der Waals surface area contributed by atoms with Gasteiger partial charge in [0.15, 0.2) is 10.9 Å². The highest BCUT2D eigenvalue weighted by molar-refractivity contribution is 7.80. The number of thiocarbonyl (C=S) groups is 1. The van der Waals surface area contributed by atoms with E-state index in [1.807, 2.05) is 25.1 Å². The van der Waals surface area contributed by atoms with Gasteiger partial charge in [0.05, 0.1) is 6.54 Å². The van der Waals surface area contributed by atoms with Gasteiger partial charge in [0.1, 0.15) is 5.82 Å². The zero-order valence-corrected chi connectivity index (χ0v) is 16.7. The molecule has 7 heteroatoms. The monoisotopic (exact) mass is 402 g/mol. The van der Waals surface area contributed by atoms with Crippen molar-refractivity contribution in [2.24, 2.45) is 0 Å². The van der Waals surface area contributed by atoms with E-state index in [1.54, 1.807) is 16.8 Å². The number of aromatic nitrogens is 2. The molecule has 1 heterocycles. The second kappa shape index (κ2) is 8.50. The van der Waals surface area contributed by atoms with Crippen molar-refractivity contribution in [3.8, 4) is 0 Å². The summed E-state index contributed by atoms with van der Waals surface area (Å²) in [7, 11) is 0. The first kappa shape index (κ1) is 19.3. The predicted octanol–water partition coefficient (Wildman–Crippen LogP) is 5.40. The van der Waals surface area contributed by atoms with Gasteiger partial charge in [-0.05, 0) is 55.4 Å². The van der Waals surface area contributed by atoms with Gasteiger partial charge in [-0.3, -0.25) is 4.68 Å². The van der Waals surface area contributed by atoms with Crippen LogP contribution in [0.15, 0.2) is 48.5 Å². The zero-order chi connectivity index (χ0) is 19.4. The zero-order valence-electron chi connectivity index (χ0n) is 15.1. The molecule has 4 nitrogen and oxygen atoms in total. The molecule has 27 heavy (non-hydrogen) atoms. The van der Waals surface area contributed by atoms with Crippen LogP contribution >= 0.6 is 23.8 Å². The third-order valence-electron chi connectivity index (χ3n) is 4.21. The van der Waals surface area contributed by atoms with Crippen LogP contribution in [0.25, 0.3) is 0 Å². The highest BCUT2D eigenvalue weighted by atomic mass is 35.5. The summed E-state index contributed by atoms with van der Waals surface area (Å²) in [6.07, 6.45) is 0.992. The van der Waals surface area contributed by atoms with Gasteiger partial charge in [-0.25, -0.2) is 4.39 Å². The molecule has 0 atom stereocenters. The van der Waals surface area contributed by atoms with E-state index in [-0.39, 0.29) is 12.4 Å². The van der Waals surface area contributed by atoms with Crippen molar-refractivity contribution < 1.29 is 4.39 Å². The SMILES string of the molecule is CCc1ccc(NC(=S)Nc2cc(C)n(Cc3c(F)cccc3Cl)n2)cc1. The van der Waals surface area contributed by atoms with E-state index >= 15 is 0 Å². The molecular weight excluding hydrogens is 383 g/mol. The molecule has 140 valence electrons. The van der Waals surface area contributed by atoms with E-state index in [0.717, 1.165) is 17.8 Å². The van der Waals surface area contributed by atoms with Crippen LogP contribution in [0.3, 0.4) is 0 Å². The van der Waals surface area contributed by atoms with Crippen molar-refractivity contribution in [2.45, 2.75) is 26.8 Å². The van der Waals surface area contributed by atoms with Gasteiger partial charge in [0, 0.05) is 28.0 Å². The van der Waals surface area contributed by atoms with Crippen molar-refractivity contribution in [3.63, 3.8) is 0 Å². The number of aryl methyl sites for hydroxylation is 2. The third-order valence-corrected chi connectivity index (χ3v) is 4.77. The first-order chi connectivity index (χ1) is 13.0. The number of benzene rings is 2. The lowest BCUT2D eigenvalue weighted by molar-refractivity contribution is 0.581. The Balaban J connectivity index is 1.67. The van der Waals surface area contributed by atoms with E-state index in [2.05, 4.69) is 34.8 Å². The van der Waals surface area contributed by atoms with Crippen LogP contribution in [-0.4, -0.2) is 14.9 Å². The quantitative estimate of drug-likeness (QED) is 0.560.